The molecule has 1 rings (SSSR count). The Morgan fingerprint density at radius 3 is 2.80 bits per heavy atom. The molecule has 0 amide bonds. The van der Waals surface area contributed by atoms with Crippen LogP contribution in [0, 0.1) is 0 Å². The molecule has 0 unspecified atom stereocenters. The van der Waals surface area contributed by atoms with Gasteiger partial charge in [0.15, 0.2) is 5.78 Å². The van der Waals surface area contributed by atoms with E-state index in [1.807, 2.05) is 26.2 Å². The number of hydrogen-bond donors (Lipinski definition) is 0. The van der Waals surface area contributed by atoms with Gasteiger partial charge in [-0.25, -0.2) is 0 Å². The predicted octanol–water partition coefficient (Wildman–Crippen LogP) is 3.06. The molecule has 0 saturated carbocycles. The third kappa shape index (κ3) is 3.76. The van der Waals surface area contributed by atoms with Crippen molar-refractivity contribution in [1.29, 1.82) is 0 Å². The third-order valence-electron chi connectivity index (χ3n) is 2.40. The summed E-state index contributed by atoms with van der Waals surface area (Å²) in [5.74, 6) is 0.176. The van der Waals surface area contributed by atoms with Crippen molar-refractivity contribution in [2.24, 2.45) is 0 Å². The molecule has 0 atom stereocenters. The average Bonchev–Trinajstić information content (AvgIpc) is 2.66. The minimum Gasteiger partial charge on any atom is -0.368 e. The van der Waals surface area contributed by atoms with Crippen LogP contribution in [0.25, 0.3) is 0 Å². The molecule has 0 aliphatic carbocycles. The second-order valence-corrected chi connectivity index (χ2v) is 4.78. The predicted molar refractivity (Wildman–Crippen MR) is 63.4 cm³/mol. The molecule has 0 spiro atoms. The van der Waals surface area contributed by atoms with E-state index in [0.717, 1.165) is 6.42 Å². The lowest BCUT2D eigenvalue weighted by Crippen LogP contribution is -2.35. The molecule has 3 heteroatoms. The van der Waals surface area contributed by atoms with E-state index in [-0.39, 0.29) is 5.78 Å². The van der Waals surface area contributed by atoms with Crippen molar-refractivity contribution >= 4 is 17.1 Å². The van der Waals surface area contributed by atoms with E-state index in [1.165, 1.54) is 5.56 Å². The van der Waals surface area contributed by atoms with Gasteiger partial charge in [-0.1, -0.05) is 0 Å². The Bertz CT molecular complexity index is 301. The van der Waals surface area contributed by atoms with Crippen molar-refractivity contribution in [2.45, 2.75) is 39.2 Å². The van der Waals surface area contributed by atoms with Crippen LogP contribution in [0.15, 0.2) is 16.8 Å². The molecular weight excluding hydrogens is 208 g/mol. The number of carbonyl (C=O) groups excluding carboxylic acids is 1. The fourth-order valence-electron chi connectivity index (χ4n) is 1.44. The minimum atomic E-state index is -0.634. The lowest BCUT2D eigenvalue weighted by atomic mass is 9.98. The Hall–Kier alpha value is -0.670. The lowest BCUT2D eigenvalue weighted by molar-refractivity contribution is -0.139. The minimum absolute atomic E-state index is 0.176. The number of carbonyl (C=O) groups is 1. The van der Waals surface area contributed by atoms with Gasteiger partial charge in [0.2, 0.25) is 0 Å². The van der Waals surface area contributed by atoms with Crippen LogP contribution in [0.4, 0.5) is 0 Å². The zero-order valence-corrected chi connectivity index (χ0v) is 10.4. The second-order valence-electron chi connectivity index (χ2n) is 4.00. The molecule has 1 aromatic heterocycles. The molecule has 0 saturated heterocycles. The van der Waals surface area contributed by atoms with E-state index in [4.69, 9.17) is 4.74 Å². The number of rotatable bonds is 6. The van der Waals surface area contributed by atoms with Crippen LogP contribution in [-0.2, 0) is 16.0 Å². The van der Waals surface area contributed by atoms with Gasteiger partial charge in [0.1, 0.15) is 5.60 Å². The summed E-state index contributed by atoms with van der Waals surface area (Å²) in [5.41, 5.74) is 0.603. The summed E-state index contributed by atoms with van der Waals surface area (Å²) >= 11 is 1.67. The summed E-state index contributed by atoms with van der Waals surface area (Å²) in [6, 6.07) is 2.06. The van der Waals surface area contributed by atoms with Gasteiger partial charge in [-0.15, -0.1) is 0 Å². The van der Waals surface area contributed by atoms with Gasteiger partial charge in [0.25, 0.3) is 0 Å². The smallest absolute Gasteiger partial charge is 0.164 e. The van der Waals surface area contributed by atoms with Gasteiger partial charge in [-0.2, -0.15) is 11.3 Å². The maximum Gasteiger partial charge on any atom is 0.164 e. The number of ether oxygens (including phenoxy) is 1. The first-order chi connectivity index (χ1) is 7.06. The van der Waals surface area contributed by atoms with E-state index >= 15 is 0 Å². The normalized spacial score (nSPS) is 11.7. The van der Waals surface area contributed by atoms with E-state index in [0.29, 0.717) is 13.0 Å². The molecule has 2 nitrogen and oxygen atoms in total. The second kappa shape index (κ2) is 5.42. The van der Waals surface area contributed by atoms with Gasteiger partial charge >= 0.3 is 0 Å². The molecule has 15 heavy (non-hydrogen) atoms. The average molecular weight is 226 g/mol. The zero-order valence-electron chi connectivity index (χ0n) is 9.58. The molecule has 0 bridgehead atoms. The maximum absolute atomic E-state index is 11.8. The molecule has 0 radical (unpaired) electrons. The van der Waals surface area contributed by atoms with Crippen molar-refractivity contribution in [3.8, 4) is 0 Å². The van der Waals surface area contributed by atoms with Crippen molar-refractivity contribution < 1.29 is 9.53 Å². The molecular formula is C12H18O2S. The summed E-state index contributed by atoms with van der Waals surface area (Å²) in [5, 5.41) is 4.12. The monoisotopic (exact) mass is 226 g/mol. The topological polar surface area (TPSA) is 26.3 Å². The highest BCUT2D eigenvalue weighted by Crippen LogP contribution is 2.16. The summed E-state index contributed by atoms with van der Waals surface area (Å²) in [4.78, 5) is 11.8. The fourth-order valence-corrected chi connectivity index (χ4v) is 2.14. The largest absolute Gasteiger partial charge is 0.368 e. The van der Waals surface area contributed by atoms with Crippen LogP contribution in [0.5, 0.6) is 0 Å². The SMILES string of the molecule is CCOC(C)(C)C(=O)CCc1ccsc1. The van der Waals surface area contributed by atoms with Gasteiger partial charge < -0.3 is 4.74 Å². The lowest BCUT2D eigenvalue weighted by Gasteiger charge is -2.22. The molecule has 0 N–H and O–H groups in total. The van der Waals surface area contributed by atoms with Crippen LogP contribution in [0.3, 0.4) is 0 Å². The quantitative estimate of drug-likeness (QED) is 0.745. The number of aryl methyl sites for hydroxylation is 1. The van der Waals surface area contributed by atoms with Crippen LogP contribution in [0.1, 0.15) is 32.8 Å². The Balaban J connectivity index is 2.42. The summed E-state index contributed by atoms with van der Waals surface area (Å²) in [7, 11) is 0. The van der Waals surface area contributed by atoms with Crippen LogP contribution < -0.4 is 0 Å². The Kier molecular flexibility index (Phi) is 4.48. The Labute approximate surface area is 95.3 Å². The summed E-state index contributed by atoms with van der Waals surface area (Å²) in [6.45, 7) is 6.17. The first kappa shape index (κ1) is 12.4. The van der Waals surface area contributed by atoms with E-state index in [2.05, 4.69) is 11.4 Å². The third-order valence-corrected chi connectivity index (χ3v) is 3.13. The van der Waals surface area contributed by atoms with Crippen molar-refractivity contribution in [3.05, 3.63) is 22.4 Å². The Morgan fingerprint density at radius 2 is 2.27 bits per heavy atom. The van der Waals surface area contributed by atoms with Gasteiger partial charge in [0.05, 0.1) is 0 Å². The van der Waals surface area contributed by atoms with E-state index in [9.17, 15) is 4.79 Å². The number of hydrogen-bond acceptors (Lipinski definition) is 3. The zero-order chi connectivity index (χ0) is 11.3. The highest BCUT2D eigenvalue weighted by Gasteiger charge is 2.26. The molecule has 0 aliphatic heterocycles. The summed E-state index contributed by atoms with van der Waals surface area (Å²) < 4.78 is 5.41. The summed E-state index contributed by atoms with van der Waals surface area (Å²) in [6.07, 6.45) is 1.38. The number of ketones is 1. The van der Waals surface area contributed by atoms with Gasteiger partial charge in [-0.05, 0) is 49.6 Å². The van der Waals surface area contributed by atoms with Crippen LogP contribution in [-0.4, -0.2) is 18.0 Å². The van der Waals surface area contributed by atoms with Crippen LogP contribution >= 0.6 is 11.3 Å². The highest BCUT2D eigenvalue weighted by molar-refractivity contribution is 7.07. The molecule has 0 aliphatic rings. The van der Waals surface area contributed by atoms with Crippen LogP contribution in [0.2, 0.25) is 0 Å². The first-order valence-electron chi connectivity index (χ1n) is 5.24. The molecule has 1 aromatic rings. The van der Waals surface area contributed by atoms with Crippen molar-refractivity contribution in [1.82, 2.24) is 0 Å². The molecule has 0 fully saturated rings. The highest BCUT2D eigenvalue weighted by atomic mass is 32.1. The first-order valence-corrected chi connectivity index (χ1v) is 6.19. The van der Waals surface area contributed by atoms with E-state index < -0.39 is 5.60 Å². The van der Waals surface area contributed by atoms with Gasteiger partial charge in [-0.3, -0.25) is 4.79 Å². The molecule has 0 aromatic carbocycles. The van der Waals surface area contributed by atoms with Gasteiger partial charge in [0, 0.05) is 13.0 Å². The molecule has 1 heterocycles. The van der Waals surface area contributed by atoms with E-state index in [1.54, 1.807) is 11.3 Å². The van der Waals surface area contributed by atoms with Crippen molar-refractivity contribution in [3.63, 3.8) is 0 Å². The number of Topliss-reactive ketones (excluding diaryl/α,β-unsaturated/α-hetero) is 1. The van der Waals surface area contributed by atoms with Crippen molar-refractivity contribution in [2.75, 3.05) is 6.61 Å². The Morgan fingerprint density at radius 1 is 1.53 bits per heavy atom. The molecule has 84 valence electrons. The fraction of sp³-hybridized carbons (Fsp3) is 0.583. The maximum atomic E-state index is 11.8. The number of thiophene rings is 1. The standard InChI is InChI=1S/C12H18O2S/c1-4-14-12(2,3)11(13)6-5-10-7-8-15-9-10/h7-9H,4-6H2,1-3H3.